The summed E-state index contributed by atoms with van der Waals surface area (Å²) in [6.45, 7) is 2.85. The molecule has 0 fully saturated rings. The predicted octanol–water partition coefficient (Wildman–Crippen LogP) is 1.41. The van der Waals surface area contributed by atoms with Gasteiger partial charge in [-0.05, 0) is 18.6 Å². The molecular weight excluding hydrogens is 188 g/mol. The highest BCUT2D eigenvalue weighted by molar-refractivity contribution is 5.17. The Kier molecular flexibility index (Phi) is 2.67. The molecule has 0 aliphatic rings. The van der Waals surface area contributed by atoms with Crippen molar-refractivity contribution in [3.05, 3.63) is 42.0 Å². The van der Waals surface area contributed by atoms with Crippen molar-refractivity contribution in [2.24, 2.45) is 0 Å². The summed E-state index contributed by atoms with van der Waals surface area (Å²) in [4.78, 5) is 8.30. The number of imidazole rings is 1. The quantitative estimate of drug-likeness (QED) is 0.818. The van der Waals surface area contributed by atoms with Gasteiger partial charge in [0.1, 0.15) is 0 Å². The second kappa shape index (κ2) is 4.13. The van der Waals surface area contributed by atoms with E-state index in [0.717, 1.165) is 18.7 Å². The van der Waals surface area contributed by atoms with Gasteiger partial charge in [0.25, 0.3) is 0 Å². The fraction of sp³-hybridized carbons (Fsp3) is 0.273. The van der Waals surface area contributed by atoms with E-state index in [1.807, 2.05) is 30.0 Å². The van der Waals surface area contributed by atoms with Crippen molar-refractivity contribution in [2.75, 3.05) is 5.73 Å². The molecule has 0 aliphatic carbocycles. The summed E-state index contributed by atoms with van der Waals surface area (Å²) in [6, 6.07) is 4.11. The summed E-state index contributed by atoms with van der Waals surface area (Å²) in [5.74, 6) is 0.558. The first kappa shape index (κ1) is 9.71. The van der Waals surface area contributed by atoms with E-state index in [1.165, 1.54) is 5.56 Å². The van der Waals surface area contributed by atoms with Gasteiger partial charge in [0, 0.05) is 37.3 Å². The first-order valence-corrected chi connectivity index (χ1v) is 4.94. The number of hydrogen-bond acceptors (Lipinski definition) is 3. The fourth-order valence-electron chi connectivity index (χ4n) is 1.41. The predicted molar refractivity (Wildman–Crippen MR) is 59.3 cm³/mol. The molecule has 4 nitrogen and oxygen atoms in total. The lowest BCUT2D eigenvalue weighted by molar-refractivity contribution is 0.694. The van der Waals surface area contributed by atoms with Crippen LogP contribution >= 0.6 is 0 Å². The average Bonchev–Trinajstić information content (AvgIpc) is 2.63. The summed E-state index contributed by atoms with van der Waals surface area (Å²) < 4.78 is 1.92. The Bertz CT molecular complexity index is 430. The van der Waals surface area contributed by atoms with Crippen molar-refractivity contribution >= 4 is 5.95 Å². The number of nitrogens with two attached hydrogens (primary N) is 1. The highest BCUT2D eigenvalue weighted by Gasteiger charge is 1.99. The zero-order valence-corrected chi connectivity index (χ0v) is 8.72. The van der Waals surface area contributed by atoms with Gasteiger partial charge in [0.05, 0.1) is 0 Å². The third kappa shape index (κ3) is 2.34. The first-order chi connectivity index (χ1) is 7.25. The van der Waals surface area contributed by atoms with Crippen LogP contribution in [0.15, 0.2) is 30.7 Å². The Hall–Kier alpha value is -1.84. The summed E-state index contributed by atoms with van der Waals surface area (Å²) in [6.07, 6.45) is 6.34. The highest BCUT2D eigenvalue weighted by Crippen LogP contribution is 2.04. The number of nitrogen functional groups attached to an aromatic ring is 1. The normalized spacial score (nSPS) is 10.5. The summed E-state index contributed by atoms with van der Waals surface area (Å²) >= 11 is 0. The molecule has 0 unspecified atom stereocenters. The monoisotopic (exact) mass is 202 g/mol. The Morgan fingerprint density at radius 1 is 1.33 bits per heavy atom. The second-order valence-electron chi connectivity index (χ2n) is 3.56. The van der Waals surface area contributed by atoms with Gasteiger partial charge in [0.2, 0.25) is 0 Å². The maximum atomic E-state index is 5.66. The van der Waals surface area contributed by atoms with Crippen LogP contribution in [-0.4, -0.2) is 14.5 Å². The number of hydrogen-bond donors (Lipinski definition) is 1. The largest absolute Gasteiger partial charge is 0.369 e. The molecule has 78 valence electrons. The van der Waals surface area contributed by atoms with E-state index >= 15 is 0 Å². The van der Waals surface area contributed by atoms with E-state index in [4.69, 9.17) is 5.73 Å². The van der Waals surface area contributed by atoms with E-state index in [0.29, 0.717) is 5.95 Å². The van der Waals surface area contributed by atoms with E-state index in [1.54, 1.807) is 6.20 Å². The number of aromatic nitrogens is 3. The minimum absolute atomic E-state index is 0.558. The van der Waals surface area contributed by atoms with Crippen molar-refractivity contribution in [1.82, 2.24) is 14.5 Å². The van der Waals surface area contributed by atoms with Gasteiger partial charge < -0.3 is 10.3 Å². The van der Waals surface area contributed by atoms with E-state index in [9.17, 15) is 0 Å². The van der Waals surface area contributed by atoms with Crippen molar-refractivity contribution in [2.45, 2.75) is 19.9 Å². The Morgan fingerprint density at radius 3 is 2.80 bits per heavy atom. The maximum absolute atomic E-state index is 5.66. The third-order valence-electron chi connectivity index (χ3n) is 2.33. The molecule has 4 heteroatoms. The molecule has 0 saturated heterocycles. The van der Waals surface area contributed by atoms with Crippen molar-refractivity contribution in [1.29, 1.82) is 0 Å². The molecule has 0 amide bonds. The number of nitrogens with zero attached hydrogens (tertiary/aromatic N) is 3. The topological polar surface area (TPSA) is 56.7 Å². The molecule has 0 radical (unpaired) electrons. The highest BCUT2D eigenvalue weighted by atomic mass is 15.1. The second-order valence-corrected chi connectivity index (χ2v) is 3.56. The lowest BCUT2D eigenvalue weighted by Gasteiger charge is -2.04. The standard InChI is InChI=1S/C11H14N4/c1-9-2-3-10(14-8-9)4-6-15-7-5-13-11(15)12/h2-3,5,7-8H,4,6H2,1H3,(H2,12,13). The zero-order chi connectivity index (χ0) is 10.7. The molecule has 2 aromatic rings. The van der Waals surface area contributed by atoms with Gasteiger partial charge in [0.15, 0.2) is 5.95 Å². The minimum Gasteiger partial charge on any atom is -0.369 e. The zero-order valence-electron chi connectivity index (χ0n) is 8.72. The van der Waals surface area contributed by atoms with Crippen LogP contribution in [-0.2, 0) is 13.0 Å². The molecule has 2 aromatic heterocycles. The van der Waals surface area contributed by atoms with Gasteiger partial charge in [-0.3, -0.25) is 4.98 Å². The van der Waals surface area contributed by atoms with Crippen LogP contribution in [0.3, 0.4) is 0 Å². The van der Waals surface area contributed by atoms with Crippen LogP contribution in [0.4, 0.5) is 5.95 Å². The molecule has 0 aliphatic heterocycles. The molecule has 2 N–H and O–H groups in total. The van der Waals surface area contributed by atoms with Gasteiger partial charge >= 0.3 is 0 Å². The molecule has 2 rings (SSSR count). The molecule has 0 atom stereocenters. The van der Waals surface area contributed by atoms with E-state index in [2.05, 4.69) is 16.0 Å². The first-order valence-electron chi connectivity index (χ1n) is 4.94. The van der Waals surface area contributed by atoms with Gasteiger partial charge in [-0.2, -0.15) is 0 Å². The van der Waals surface area contributed by atoms with Gasteiger partial charge in [-0.15, -0.1) is 0 Å². The number of aryl methyl sites for hydroxylation is 3. The van der Waals surface area contributed by atoms with Crippen LogP contribution in [0, 0.1) is 6.92 Å². The van der Waals surface area contributed by atoms with E-state index < -0.39 is 0 Å². The fourth-order valence-corrected chi connectivity index (χ4v) is 1.41. The van der Waals surface area contributed by atoms with Crippen LogP contribution in [0.25, 0.3) is 0 Å². The number of pyridine rings is 1. The summed E-state index contributed by atoms with van der Waals surface area (Å²) in [7, 11) is 0. The minimum atomic E-state index is 0.558. The lowest BCUT2D eigenvalue weighted by atomic mass is 10.2. The van der Waals surface area contributed by atoms with Crippen LogP contribution in [0.5, 0.6) is 0 Å². The van der Waals surface area contributed by atoms with Gasteiger partial charge in [-0.1, -0.05) is 6.07 Å². The third-order valence-corrected chi connectivity index (χ3v) is 2.33. The molecule has 15 heavy (non-hydrogen) atoms. The smallest absolute Gasteiger partial charge is 0.200 e. The maximum Gasteiger partial charge on any atom is 0.200 e. The molecule has 0 bridgehead atoms. The Balaban J connectivity index is 1.99. The van der Waals surface area contributed by atoms with E-state index in [-0.39, 0.29) is 0 Å². The number of rotatable bonds is 3. The summed E-state index contributed by atoms with van der Waals surface area (Å²) in [5, 5.41) is 0. The van der Waals surface area contributed by atoms with Crippen molar-refractivity contribution in [3.63, 3.8) is 0 Å². The van der Waals surface area contributed by atoms with Gasteiger partial charge in [-0.25, -0.2) is 4.98 Å². The SMILES string of the molecule is Cc1ccc(CCn2ccnc2N)nc1. The molecular formula is C11H14N4. The lowest BCUT2D eigenvalue weighted by Crippen LogP contribution is -2.05. The van der Waals surface area contributed by atoms with Crippen molar-refractivity contribution in [3.8, 4) is 0 Å². The molecule has 0 aromatic carbocycles. The Morgan fingerprint density at radius 2 is 2.20 bits per heavy atom. The van der Waals surface area contributed by atoms with Crippen LogP contribution < -0.4 is 5.73 Å². The molecule has 0 spiro atoms. The number of anilines is 1. The van der Waals surface area contributed by atoms with Crippen LogP contribution in [0.2, 0.25) is 0 Å². The van der Waals surface area contributed by atoms with Crippen molar-refractivity contribution < 1.29 is 0 Å². The molecule has 2 heterocycles. The summed E-state index contributed by atoms with van der Waals surface area (Å²) in [5.41, 5.74) is 7.92. The Labute approximate surface area is 88.8 Å². The average molecular weight is 202 g/mol. The van der Waals surface area contributed by atoms with Crippen LogP contribution in [0.1, 0.15) is 11.3 Å². The molecule has 0 saturated carbocycles.